The largest absolute Gasteiger partial charge is 0.357 e. The van der Waals surface area contributed by atoms with Crippen LogP contribution < -0.4 is 10.6 Å². The SMILES string of the molecule is CCNC(=NCC1(C2CC2)CCC1)NCCN1C(=O)C2C3C=CC(C3)C2C1=O. The number of nitrogens with zero attached hydrogens (tertiary/aromatic N) is 2. The first-order chi connectivity index (χ1) is 13.6. The molecule has 0 aromatic carbocycles. The summed E-state index contributed by atoms with van der Waals surface area (Å²) >= 11 is 0. The molecule has 0 aromatic rings. The zero-order valence-electron chi connectivity index (χ0n) is 16.8. The second-order valence-electron chi connectivity index (χ2n) is 9.44. The summed E-state index contributed by atoms with van der Waals surface area (Å²) in [6.07, 6.45) is 12.0. The molecule has 5 rings (SSSR count). The lowest BCUT2D eigenvalue weighted by Crippen LogP contribution is -2.44. The molecule has 2 bridgehead atoms. The normalized spacial score (nSPS) is 35.3. The average molecular weight is 385 g/mol. The Bertz CT molecular complexity index is 692. The molecule has 5 aliphatic rings. The van der Waals surface area contributed by atoms with Crippen LogP contribution in [0.4, 0.5) is 0 Å². The third kappa shape index (κ3) is 2.87. The lowest BCUT2D eigenvalue weighted by Gasteiger charge is -2.41. The van der Waals surface area contributed by atoms with Crippen LogP contribution in [0.1, 0.15) is 45.4 Å². The highest BCUT2D eigenvalue weighted by Crippen LogP contribution is 2.57. The zero-order chi connectivity index (χ0) is 19.3. The first-order valence-corrected chi connectivity index (χ1v) is 11.2. The number of hydrogen-bond donors (Lipinski definition) is 2. The molecule has 4 fully saturated rings. The second-order valence-corrected chi connectivity index (χ2v) is 9.44. The Kier molecular flexibility index (Phi) is 4.48. The standard InChI is InChI=1S/C22H32N4O2/c1-2-23-21(25-13-22(8-3-9-22)16-6-7-16)24-10-11-26-19(27)17-14-4-5-15(12-14)18(17)20(26)28/h4-5,14-18H,2-3,6-13H2,1H3,(H2,23,24,25). The summed E-state index contributed by atoms with van der Waals surface area (Å²) < 4.78 is 0. The Hall–Kier alpha value is -1.85. The molecule has 4 atom stereocenters. The maximum absolute atomic E-state index is 12.8. The number of likely N-dealkylation sites (tertiary alicyclic amines) is 1. The van der Waals surface area contributed by atoms with Crippen molar-refractivity contribution in [1.82, 2.24) is 15.5 Å². The van der Waals surface area contributed by atoms with Crippen LogP contribution in [-0.4, -0.2) is 48.9 Å². The molecular weight excluding hydrogens is 352 g/mol. The van der Waals surface area contributed by atoms with E-state index in [2.05, 4.69) is 29.7 Å². The number of hydrogen-bond acceptors (Lipinski definition) is 3. The molecule has 152 valence electrons. The number of guanidine groups is 1. The van der Waals surface area contributed by atoms with Crippen molar-refractivity contribution in [1.29, 1.82) is 0 Å². The van der Waals surface area contributed by atoms with E-state index in [9.17, 15) is 9.59 Å². The van der Waals surface area contributed by atoms with E-state index in [1.807, 2.05) is 0 Å². The first-order valence-electron chi connectivity index (χ1n) is 11.2. The van der Waals surface area contributed by atoms with Crippen molar-refractivity contribution < 1.29 is 9.59 Å². The van der Waals surface area contributed by atoms with Gasteiger partial charge in [0.05, 0.1) is 11.8 Å². The highest BCUT2D eigenvalue weighted by atomic mass is 16.2. The van der Waals surface area contributed by atoms with Crippen LogP contribution in [0.15, 0.2) is 17.1 Å². The molecule has 6 nitrogen and oxygen atoms in total. The molecule has 0 spiro atoms. The fourth-order valence-electron chi connectivity index (χ4n) is 6.07. The van der Waals surface area contributed by atoms with Crippen molar-refractivity contribution in [3.63, 3.8) is 0 Å². The lowest BCUT2D eigenvalue weighted by atomic mass is 9.65. The lowest BCUT2D eigenvalue weighted by molar-refractivity contribution is -0.140. The van der Waals surface area contributed by atoms with Crippen molar-refractivity contribution in [2.45, 2.75) is 45.4 Å². The van der Waals surface area contributed by atoms with Gasteiger partial charge in [-0.15, -0.1) is 0 Å². The maximum Gasteiger partial charge on any atom is 0.233 e. The van der Waals surface area contributed by atoms with Crippen LogP contribution >= 0.6 is 0 Å². The quantitative estimate of drug-likeness (QED) is 0.304. The average Bonchev–Trinajstić information content (AvgIpc) is 3.20. The summed E-state index contributed by atoms with van der Waals surface area (Å²) in [5.41, 5.74) is 0.451. The van der Waals surface area contributed by atoms with Gasteiger partial charge in [0.25, 0.3) is 0 Å². The van der Waals surface area contributed by atoms with Gasteiger partial charge in [-0.25, -0.2) is 0 Å². The van der Waals surface area contributed by atoms with E-state index in [1.165, 1.54) is 37.0 Å². The van der Waals surface area contributed by atoms with Crippen molar-refractivity contribution >= 4 is 17.8 Å². The van der Waals surface area contributed by atoms with Gasteiger partial charge < -0.3 is 10.6 Å². The van der Waals surface area contributed by atoms with Crippen LogP contribution in [0.2, 0.25) is 0 Å². The number of rotatable bonds is 7. The third-order valence-electron chi connectivity index (χ3n) is 7.88. The van der Waals surface area contributed by atoms with Crippen molar-refractivity contribution in [2.75, 3.05) is 26.2 Å². The van der Waals surface area contributed by atoms with Crippen LogP contribution in [0, 0.1) is 35.0 Å². The fourth-order valence-corrected chi connectivity index (χ4v) is 6.07. The molecule has 2 amide bonds. The Morgan fingerprint density at radius 3 is 2.36 bits per heavy atom. The number of carbonyl (C=O) groups excluding carboxylic acids is 2. The Morgan fingerprint density at radius 2 is 1.82 bits per heavy atom. The molecule has 28 heavy (non-hydrogen) atoms. The minimum Gasteiger partial charge on any atom is -0.357 e. The van der Waals surface area contributed by atoms with Crippen molar-refractivity contribution in [2.24, 2.45) is 40.0 Å². The molecule has 1 aliphatic heterocycles. The zero-order valence-corrected chi connectivity index (χ0v) is 16.8. The number of carbonyl (C=O) groups is 2. The van der Waals surface area contributed by atoms with E-state index in [-0.39, 0.29) is 35.5 Å². The van der Waals surface area contributed by atoms with E-state index in [4.69, 9.17) is 4.99 Å². The molecule has 1 saturated heterocycles. The molecule has 3 saturated carbocycles. The molecule has 6 heteroatoms. The Morgan fingerprint density at radius 1 is 1.14 bits per heavy atom. The molecule has 0 radical (unpaired) electrons. The van der Waals surface area contributed by atoms with Crippen LogP contribution in [-0.2, 0) is 9.59 Å². The third-order valence-corrected chi connectivity index (χ3v) is 7.88. The molecular formula is C22H32N4O2. The fraction of sp³-hybridized carbons (Fsp3) is 0.773. The topological polar surface area (TPSA) is 73.8 Å². The summed E-state index contributed by atoms with van der Waals surface area (Å²) in [5.74, 6) is 2.15. The number of fused-ring (bicyclic) bond motifs is 5. The van der Waals surface area contributed by atoms with Crippen LogP contribution in [0.3, 0.4) is 0 Å². The van der Waals surface area contributed by atoms with Gasteiger partial charge in [-0.1, -0.05) is 18.6 Å². The van der Waals surface area contributed by atoms with Gasteiger partial charge in [-0.2, -0.15) is 0 Å². The minimum atomic E-state index is -0.0959. The van der Waals surface area contributed by atoms with Crippen molar-refractivity contribution in [3.8, 4) is 0 Å². The summed E-state index contributed by atoms with van der Waals surface area (Å²) in [7, 11) is 0. The number of aliphatic imine (C=N–C) groups is 1. The van der Waals surface area contributed by atoms with Gasteiger partial charge in [0, 0.05) is 26.2 Å². The Balaban J connectivity index is 1.16. The predicted molar refractivity (Wildman–Crippen MR) is 107 cm³/mol. The highest BCUT2D eigenvalue weighted by Gasteiger charge is 2.59. The first kappa shape index (κ1) is 18.2. The van der Waals surface area contributed by atoms with E-state index >= 15 is 0 Å². The highest BCUT2D eigenvalue weighted by molar-refractivity contribution is 6.06. The second kappa shape index (κ2) is 6.89. The summed E-state index contributed by atoms with van der Waals surface area (Å²) in [4.78, 5) is 31.9. The maximum atomic E-state index is 12.8. The van der Waals surface area contributed by atoms with E-state index in [0.29, 0.717) is 18.5 Å². The number of amides is 2. The minimum absolute atomic E-state index is 0.0396. The smallest absolute Gasteiger partial charge is 0.233 e. The molecule has 0 aromatic heterocycles. The molecule has 2 N–H and O–H groups in total. The van der Waals surface area contributed by atoms with E-state index < -0.39 is 0 Å². The van der Waals surface area contributed by atoms with Crippen molar-refractivity contribution in [3.05, 3.63) is 12.2 Å². The Labute approximate surface area is 167 Å². The summed E-state index contributed by atoms with van der Waals surface area (Å²) in [6, 6.07) is 0. The number of allylic oxidation sites excluding steroid dienone is 2. The molecule has 4 aliphatic carbocycles. The van der Waals surface area contributed by atoms with Crippen LogP contribution in [0.5, 0.6) is 0 Å². The molecule has 4 unspecified atom stereocenters. The van der Waals surface area contributed by atoms with Gasteiger partial charge in [-0.05, 0) is 62.2 Å². The monoisotopic (exact) mass is 384 g/mol. The van der Waals surface area contributed by atoms with Gasteiger partial charge in [-0.3, -0.25) is 19.5 Å². The van der Waals surface area contributed by atoms with E-state index in [0.717, 1.165) is 31.4 Å². The van der Waals surface area contributed by atoms with Gasteiger partial charge in [0.15, 0.2) is 5.96 Å². The molecule has 1 heterocycles. The number of nitrogens with one attached hydrogen (secondary N) is 2. The predicted octanol–water partition coefficient (Wildman–Crippen LogP) is 1.93. The summed E-state index contributed by atoms with van der Waals surface area (Å²) in [6.45, 7) is 4.76. The van der Waals surface area contributed by atoms with Gasteiger partial charge in [0.1, 0.15) is 0 Å². The number of imide groups is 1. The van der Waals surface area contributed by atoms with Crippen LogP contribution in [0.25, 0.3) is 0 Å². The van der Waals surface area contributed by atoms with Gasteiger partial charge in [0.2, 0.25) is 11.8 Å². The van der Waals surface area contributed by atoms with Gasteiger partial charge >= 0.3 is 0 Å². The summed E-state index contributed by atoms with van der Waals surface area (Å²) in [5, 5.41) is 6.66. The van der Waals surface area contributed by atoms with E-state index in [1.54, 1.807) is 0 Å².